The average molecular weight is 366 g/mol. The number of H-pyrrole nitrogens is 1. The lowest BCUT2D eigenvalue weighted by Gasteiger charge is -2.08. The van der Waals surface area contributed by atoms with Gasteiger partial charge < -0.3 is 20.3 Å². The number of anilines is 2. The summed E-state index contributed by atoms with van der Waals surface area (Å²) in [6.07, 6.45) is 4.12. The van der Waals surface area contributed by atoms with Crippen LogP contribution in [0, 0.1) is 0 Å². The molecule has 8 heteroatoms. The molecule has 4 heterocycles. The van der Waals surface area contributed by atoms with E-state index in [1.54, 1.807) is 0 Å². The Hall–Kier alpha value is -3.00. The number of carbonyl (C=O) groups is 1. The van der Waals surface area contributed by atoms with Gasteiger partial charge in [-0.3, -0.25) is 10.4 Å². The third-order valence-electron chi connectivity index (χ3n) is 5.49. The van der Waals surface area contributed by atoms with E-state index in [2.05, 4.69) is 26.1 Å². The molecule has 8 nitrogen and oxygen atoms in total. The Labute approximate surface area is 155 Å². The number of rotatable bonds is 3. The van der Waals surface area contributed by atoms with Crippen LogP contribution in [0.4, 0.5) is 16.3 Å². The van der Waals surface area contributed by atoms with Crippen LogP contribution in [-0.4, -0.2) is 32.4 Å². The third-order valence-corrected chi connectivity index (χ3v) is 5.49. The minimum absolute atomic E-state index is 0.275. The summed E-state index contributed by atoms with van der Waals surface area (Å²) in [6, 6.07) is 7.37. The number of amides is 2. The number of nitrogens with one attached hydrogen (secondary N) is 4. The summed E-state index contributed by atoms with van der Waals surface area (Å²) in [5, 5.41) is 28.4. The van der Waals surface area contributed by atoms with Gasteiger partial charge in [0.25, 0.3) is 0 Å². The van der Waals surface area contributed by atoms with Crippen molar-refractivity contribution in [2.45, 2.75) is 38.3 Å². The largest absolute Gasteiger partial charge is 0.494 e. The Bertz CT molecular complexity index is 1010. The molecule has 2 aromatic heterocycles. The van der Waals surface area contributed by atoms with Crippen molar-refractivity contribution in [3.05, 3.63) is 35.7 Å². The van der Waals surface area contributed by atoms with Gasteiger partial charge in [-0.05, 0) is 44.4 Å². The Morgan fingerprint density at radius 2 is 2.22 bits per heavy atom. The second kappa shape index (κ2) is 6.31. The summed E-state index contributed by atoms with van der Waals surface area (Å²) in [5.74, 6) is 0.774. The Morgan fingerprint density at radius 1 is 1.30 bits per heavy atom. The van der Waals surface area contributed by atoms with Crippen LogP contribution >= 0.6 is 0 Å². The molecule has 5 N–H and O–H groups in total. The van der Waals surface area contributed by atoms with E-state index in [9.17, 15) is 9.90 Å². The Morgan fingerprint density at radius 3 is 3.07 bits per heavy atom. The summed E-state index contributed by atoms with van der Waals surface area (Å²) in [7, 11) is 0. The lowest BCUT2D eigenvalue weighted by Crippen LogP contribution is -2.19. The first kappa shape index (κ1) is 16.2. The van der Waals surface area contributed by atoms with Crippen LogP contribution < -0.4 is 16.0 Å². The summed E-state index contributed by atoms with van der Waals surface area (Å²) >= 11 is 0. The normalized spacial score (nSPS) is 18.7. The maximum absolute atomic E-state index is 12.5. The monoisotopic (exact) mass is 366 g/mol. The predicted octanol–water partition coefficient (Wildman–Crippen LogP) is 3.08. The zero-order valence-electron chi connectivity index (χ0n) is 14.9. The fourth-order valence-corrected chi connectivity index (χ4v) is 4.27. The molecular weight excluding hydrogens is 344 g/mol. The highest BCUT2D eigenvalue weighted by molar-refractivity contribution is 6.08. The van der Waals surface area contributed by atoms with Gasteiger partial charge in [0.2, 0.25) is 0 Å². The van der Waals surface area contributed by atoms with Crippen LogP contribution in [0.2, 0.25) is 0 Å². The van der Waals surface area contributed by atoms with Crippen LogP contribution in [-0.2, 0) is 13.0 Å². The van der Waals surface area contributed by atoms with Crippen molar-refractivity contribution in [1.82, 2.24) is 20.1 Å². The highest BCUT2D eigenvalue weighted by Gasteiger charge is 2.23. The van der Waals surface area contributed by atoms with Crippen molar-refractivity contribution in [3.8, 4) is 5.88 Å². The summed E-state index contributed by atoms with van der Waals surface area (Å²) in [4.78, 5) is 12.5. The Balaban J connectivity index is 1.36. The SMILES string of the molecule is O=C(Nc1cc(C2CCCN2)[nH]n1)Nc1cccc2c(O)n3c(c12)CCC3. The Kier molecular flexibility index (Phi) is 3.78. The second-order valence-corrected chi connectivity index (χ2v) is 7.19. The summed E-state index contributed by atoms with van der Waals surface area (Å²) in [6.45, 7) is 1.82. The van der Waals surface area contributed by atoms with E-state index in [0.29, 0.717) is 11.5 Å². The zero-order chi connectivity index (χ0) is 18.4. The van der Waals surface area contributed by atoms with Gasteiger partial charge in [0.15, 0.2) is 11.7 Å². The molecule has 1 atom stereocenters. The predicted molar refractivity (Wildman–Crippen MR) is 103 cm³/mol. The number of aromatic amines is 1. The van der Waals surface area contributed by atoms with E-state index in [-0.39, 0.29) is 18.0 Å². The number of urea groups is 1. The lowest BCUT2D eigenvalue weighted by atomic mass is 10.1. The number of aryl methyl sites for hydroxylation is 1. The van der Waals surface area contributed by atoms with Gasteiger partial charge in [-0.25, -0.2) is 4.79 Å². The molecule has 0 bridgehead atoms. The molecule has 0 saturated carbocycles. The molecule has 0 aliphatic carbocycles. The molecule has 0 spiro atoms. The molecule has 0 radical (unpaired) electrons. The quantitative estimate of drug-likeness (QED) is 0.491. The maximum Gasteiger partial charge on any atom is 0.324 e. The standard InChI is InChI=1S/C19H22N6O2/c26-18-11-4-1-5-13(17(11)15-7-3-9-25(15)18)21-19(27)22-16-10-14(23-24-16)12-6-2-8-20-12/h1,4-5,10,12,20,26H,2-3,6-9H2,(H3,21,22,23,24,27). The van der Waals surface area contributed by atoms with Gasteiger partial charge in [-0.2, -0.15) is 5.10 Å². The van der Waals surface area contributed by atoms with E-state index in [4.69, 9.17) is 0 Å². The smallest absolute Gasteiger partial charge is 0.324 e. The zero-order valence-corrected chi connectivity index (χ0v) is 14.9. The molecule has 2 aliphatic heterocycles. The number of nitrogens with zero attached hydrogens (tertiary/aromatic N) is 2. The van der Waals surface area contributed by atoms with Gasteiger partial charge in [0, 0.05) is 35.1 Å². The van der Waals surface area contributed by atoms with Crippen LogP contribution in [0.1, 0.15) is 36.7 Å². The first-order chi connectivity index (χ1) is 13.2. The van der Waals surface area contributed by atoms with Crippen LogP contribution in [0.25, 0.3) is 10.8 Å². The first-order valence-electron chi connectivity index (χ1n) is 9.40. The molecule has 1 unspecified atom stereocenters. The number of carbonyl (C=O) groups excluding carboxylic acids is 1. The van der Waals surface area contributed by atoms with E-state index in [0.717, 1.165) is 60.9 Å². The lowest BCUT2D eigenvalue weighted by molar-refractivity contribution is 0.262. The number of aromatic hydroxyl groups is 1. The van der Waals surface area contributed by atoms with Crippen molar-refractivity contribution in [3.63, 3.8) is 0 Å². The third kappa shape index (κ3) is 2.73. The van der Waals surface area contributed by atoms with Gasteiger partial charge in [-0.15, -0.1) is 0 Å². The molecule has 27 heavy (non-hydrogen) atoms. The molecule has 1 aromatic carbocycles. The number of aromatic nitrogens is 3. The van der Waals surface area contributed by atoms with Gasteiger partial charge >= 0.3 is 6.03 Å². The highest BCUT2D eigenvalue weighted by Crippen LogP contribution is 2.39. The van der Waals surface area contributed by atoms with Crippen molar-refractivity contribution in [1.29, 1.82) is 0 Å². The van der Waals surface area contributed by atoms with Crippen molar-refractivity contribution >= 4 is 28.3 Å². The van der Waals surface area contributed by atoms with Crippen LogP contribution in [0.15, 0.2) is 24.3 Å². The fraction of sp³-hybridized carbons (Fsp3) is 0.368. The first-order valence-corrected chi connectivity index (χ1v) is 9.40. The van der Waals surface area contributed by atoms with Crippen molar-refractivity contribution in [2.75, 3.05) is 17.2 Å². The molecular formula is C19H22N6O2. The molecule has 5 rings (SSSR count). The fourth-order valence-electron chi connectivity index (χ4n) is 4.27. The number of hydrogen-bond acceptors (Lipinski definition) is 4. The highest BCUT2D eigenvalue weighted by atomic mass is 16.3. The average Bonchev–Trinajstić information content (AvgIpc) is 3.42. The van der Waals surface area contributed by atoms with Gasteiger partial charge in [-0.1, -0.05) is 6.07 Å². The molecule has 140 valence electrons. The minimum atomic E-state index is -0.350. The maximum atomic E-state index is 12.5. The van der Waals surface area contributed by atoms with Crippen molar-refractivity contribution in [2.24, 2.45) is 0 Å². The van der Waals surface area contributed by atoms with Gasteiger partial charge in [0.1, 0.15) is 0 Å². The summed E-state index contributed by atoms with van der Waals surface area (Å²) < 4.78 is 1.93. The van der Waals surface area contributed by atoms with Crippen LogP contribution in [0.3, 0.4) is 0 Å². The number of fused-ring (bicyclic) bond motifs is 3. The minimum Gasteiger partial charge on any atom is -0.494 e. The summed E-state index contributed by atoms with van der Waals surface area (Å²) in [5.41, 5.74) is 2.76. The molecule has 2 aliphatic rings. The van der Waals surface area contributed by atoms with Crippen LogP contribution in [0.5, 0.6) is 5.88 Å². The molecule has 1 saturated heterocycles. The molecule has 2 amide bonds. The van der Waals surface area contributed by atoms with E-state index < -0.39 is 0 Å². The van der Waals surface area contributed by atoms with E-state index in [1.807, 2.05) is 28.8 Å². The van der Waals surface area contributed by atoms with E-state index in [1.165, 1.54) is 0 Å². The second-order valence-electron chi connectivity index (χ2n) is 7.19. The number of hydrogen-bond donors (Lipinski definition) is 5. The van der Waals surface area contributed by atoms with E-state index >= 15 is 0 Å². The molecule has 3 aromatic rings. The number of benzene rings is 1. The van der Waals surface area contributed by atoms with Gasteiger partial charge in [0.05, 0.1) is 11.4 Å². The van der Waals surface area contributed by atoms with Crippen molar-refractivity contribution < 1.29 is 9.90 Å². The topological polar surface area (TPSA) is 107 Å². The molecule has 1 fully saturated rings.